The van der Waals surface area contributed by atoms with E-state index in [1.807, 2.05) is 6.07 Å². The van der Waals surface area contributed by atoms with Gasteiger partial charge < -0.3 is 10.3 Å². The minimum atomic E-state index is 0.599. The lowest BCUT2D eigenvalue weighted by Gasteiger charge is -2.22. The third-order valence-corrected chi connectivity index (χ3v) is 5.70. The molecule has 2 aromatic rings. The molecule has 106 valence electrons. The summed E-state index contributed by atoms with van der Waals surface area (Å²) in [6.45, 7) is 1.74. The normalized spacial score (nSPS) is 28.6. The Bertz CT molecular complexity index is 646. The van der Waals surface area contributed by atoms with Gasteiger partial charge in [-0.25, -0.2) is 0 Å². The lowest BCUT2D eigenvalue weighted by Crippen LogP contribution is -2.16. The van der Waals surface area contributed by atoms with E-state index in [0.717, 1.165) is 29.3 Å². The molecule has 0 radical (unpaired) electrons. The molecule has 1 aromatic heterocycles. The third kappa shape index (κ3) is 1.97. The van der Waals surface area contributed by atoms with E-state index >= 15 is 0 Å². The first-order valence-corrected chi connectivity index (χ1v) is 8.09. The molecule has 2 N–H and O–H groups in total. The molecule has 2 aliphatic rings. The minimum absolute atomic E-state index is 0.599. The monoisotopic (exact) mass is 288 g/mol. The topological polar surface area (TPSA) is 30.9 Å². The lowest BCUT2D eigenvalue weighted by molar-refractivity contribution is 0.299. The fourth-order valence-corrected chi connectivity index (χ4v) is 4.67. The van der Waals surface area contributed by atoms with E-state index in [4.69, 9.17) is 17.3 Å². The fraction of sp³-hybridized carbons (Fsp3) is 0.529. The first kappa shape index (κ1) is 12.7. The summed E-state index contributed by atoms with van der Waals surface area (Å²) in [5.41, 5.74) is 8.38. The largest absolute Gasteiger partial charge is 0.347 e. The minimum Gasteiger partial charge on any atom is -0.347 e. The predicted octanol–water partition coefficient (Wildman–Crippen LogP) is 4.19. The molecule has 0 saturated heterocycles. The fourth-order valence-electron chi connectivity index (χ4n) is 4.51. The van der Waals surface area contributed by atoms with Gasteiger partial charge in [-0.15, -0.1) is 0 Å². The molecule has 2 aliphatic carbocycles. The summed E-state index contributed by atoms with van der Waals surface area (Å²) in [7, 11) is 0. The highest BCUT2D eigenvalue weighted by atomic mass is 35.5. The number of nitrogens with two attached hydrogens (primary N) is 1. The van der Waals surface area contributed by atoms with Crippen LogP contribution < -0.4 is 5.73 Å². The van der Waals surface area contributed by atoms with E-state index in [9.17, 15) is 0 Å². The molecule has 1 aromatic carbocycles. The van der Waals surface area contributed by atoms with Crippen molar-refractivity contribution in [3.63, 3.8) is 0 Å². The first-order valence-electron chi connectivity index (χ1n) is 7.72. The van der Waals surface area contributed by atoms with Crippen LogP contribution in [0.15, 0.2) is 24.4 Å². The van der Waals surface area contributed by atoms with Crippen LogP contribution in [-0.4, -0.2) is 4.57 Å². The summed E-state index contributed by atoms with van der Waals surface area (Å²) in [5, 5.41) is 2.08. The number of hydrogen-bond acceptors (Lipinski definition) is 1. The average molecular weight is 289 g/mol. The van der Waals surface area contributed by atoms with E-state index in [0.29, 0.717) is 6.54 Å². The molecule has 2 fully saturated rings. The number of halogens is 1. The zero-order chi connectivity index (χ0) is 13.7. The van der Waals surface area contributed by atoms with Gasteiger partial charge in [0.15, 0.2) is 0 Å². The molecular weight excluding hydrogens is 268 g/mol. The van der Waals surface area contributed by atoms with Crippen molar-refractivity contribution >= 4 is 22.5 Å². The molecule has 20 heavy (non-hydrogen) atoms. The maximum absolute atomic E-state index is 6.18. The van der Waals surface area contributed by atoms with Crippen LogP contribution in [0.25, 0.3) is 10.9 Å². The van der Waals surface area contributed by atoms with Crippen molar-refractivity contribution in [2.24, 2.45) is 23.5 Å². The number of fused-ring (bicyclic) bond motifs is 3. The predicted molar refractivity (Wildman–Crippen MR) is 83.8 cm³/mol. The van der Waals surface area contributed by atoms with Crippen LogP contribution in [0, 0.1) is 17.8 Å². The van der Waals surface area contributed by atoms with Crippen LogP contribution in [0.2, 0.25) is 5.02 Å². The van der Waals surface area contributed by atoms with Crippen LogP contribution in [0.4, 0.5) is 0 Å². The van der Waals surface area contributed by atoms with E-state index in [1.165, 1.54) is 42.1 Å². The van der Waals surface area contributed by atoms with Crippen LogP contribution >= 0.6 is 11.6 Å². The Morgan fingerprint density at radius 3 is 2.85 bits per heavy atom. The van der Waals surface area contributed by atoms with Gasteiger partial charge in [-0.3, -0.25) is 0 Å². The van der Waals surface area contributed by atoms with Crippen molar-refractivity contribution in [3.8, 4) is 0 Å². The second kappa shape index (κ2) is 4.78. The number of aromatic nitrogens is 1. The van der Waals surface area contributed by atoms with Gasteiger partial charge in [0.05, 0.1) is 0 Å². The zero-order valence-electron chi connectivity index (χ0n) is 11.7. The molecule has 1 heterocycles. The van der Waals surface area contributed by atoms with Gasteiger partial charge in [0.2, 0.25) is 0 Å². The first-order chi connectivity index (χ1) is 9.74. The van der Waals surface area contributed by atoms with Crippen molar-refractivity contribution in [1.29, 1.82) is 0 Å². The maximum Gasteiger partial charge on any atom is 0.0498 e. The van der Waals surface area contributed by atoms with Gasteiger partial charge >= 0.3 is 0 Å². The van der Waals surface area contributed by atoms with Crippen molar-refractivity contribution < 1.29 is 0 Å². The van der Waals surface area contributed by atoms with Gasteiger partial charge in [-0.2, -0.15) is 0 Å². The van der Waals surface area contributed by atoms with E-state index in [1.54, 1.807) is 0 Å². The van der Waals surface area contributed by atoms with Crippen LogP contribution in [0.3, 0.4) is 0 Å². The molecule has 3 atom stereocenters. The summed E-state index contributed by atoms with van der Waals surface area (Å²) in [6.07, 6.45) is 8.04. The standard InChI is InChI=1S/C17H21ClN2/c18-15-3-4-16-14(8-19)10-20(17(16)7-15)9-13-6-11-1-2-12(13)5-11/h3-4,7,10-13H,1-2,5-6,8-9,19H2. The van der Waals surface area contributed by atoms with Crippen molar-refractivity contribution in [2.45, 2.75) is 38.8 Å². The second-order valence-corrected chi connectivity index (χ2v) is 7.04. The highest BCUT2D eigenvalue weighted by molar-refractivity contribution is 6.31. The zero-order valence-corrected chi connectivity index (χ0v) is 12.4. The van der Waals surface area contributed by atoms with E-state index in [2.05, 4.69) is 22.9 Å². The Hall–Kier alpha value is -0.990. The quantitative estimate of drug-likeness (QED) is 0.902. The third-order valence-electron chi connectivity index (χ3n) is 5.46. The SMILES string of the molecule is NCc1cn(CC2CC3CCC2C3)c2cc(Cl)ccc12. The van der Waals surface area contributed by atoms with Gasteiger partial charge in [-0.1, -0.05) is 24.1 Å². The smallest absolute Gasteiger partial charge is 0.0498 e. The lowest BCUT2D eigenvalue weighted by atomic mass is 9.89. The Morgan fingerprint density at radius 2 is 2.15 bits per heavy atom. The summed E-state index contributed by atoms with van der Waals surface area (Å²) < 4.78 is 2.40. The van der Waals surface area contributed by atoms with Gasteiger partial charge in [0.25, 0.3) is 0 Å². The Labute approximate surface area is 124 Å². The van der Waals surface area contributed by atoms with E-state index in [-0.39, 0.29) is 0 Å². The highest BCUT2D eigenvalue weighted by Crippen LogP contribution is 2.49. The molecule has 3 heteroatoms. The highest BCUT2D eigenvalue weighted by Gasteiger charge is 2.39. The molecular formula is C17H21ClN2. The van der Waals surface area contributed by atoms with Crippen LogP contribution in [0.1, 0.15) is 31.2 Å². The van der Waals surface area contributed by atoms with E-state index < -0.39 is 0 Å². The Kier molecular flexibility index (Phi) is 3.04. The Morgan fingerprint density at radius 1 is 1.25 bits per heavy atom. The average Bonchev–Trinajstić information content (AvgIpc) is 3.13. The number of rotatable bonds is 3. The van der Waals surface area contributed by atoms with Crippen molar-refractivity contribution in [1.82, 2.24) is 4.57 Å². The summed E-state index contributed by atoms with van der Waals surface area (Å²) in [5.74, 6) is 2.82. The number of nitrogens with zero attached hydrogens (tertiary/aromatic N) is 1. The Balaban J connectivity index is 1.70. The van der Waals surface area contributed by atoms with Crippen molar-refractivity contribution in [2.75, 3.05) is 0 Å². The molecule has 0 spiro atoms. The van der Waals surface area contributed by atoms with Crippen molar-refractivity contribution in [3.05, 3.63) is 35.0 Å². The molecule has 0 amide bonds. The summed E-state index contributed by atoms with van der Waals surface area (Å²) in [4.78, 5) is 0. The van der Waals surface area contributed by atoms with Gasteiger partial charge in [0.1, 0.15) is 0 Å². The van der Waals surface area contributed by atoms with Crippen LogP contribution in [0.5, 0.6) is 0 Å². The van der Waals surface area contributed by atoms with Crippen LogP contribution in [-0.2, 0) is 13.1 Å². The summed E-state index contributed by atoms with van der Waals surface area (Å²) in [6, 6.07) is 6.16. The maximum atomic E-state index is 6.18. The molecule has 2 nitrogen and oxygen atoms in total. The number of benzene rings is 1. The van der Waals surface area contributed by atoms with Gasteiger partial charge in [-0.05, 0) is 54.7 Å². The molecule has 4 rings (SSSR count). The van der Waals surface area contributed by atoms with Gasteiger partial charge in [0, 0.05) is 35.2 Å². The molecule has 0 aliphatic heterocycles. The molecule has 2 saturated carbocycles. The molecule has 2 bridgehead atoms. The molecule has 3 unspecified atom stereocenters. The second-order valence-electron chi connectivity index (χ2n) is 6.61. The number of hydrogen-bond donors (Lipinski definition) is 1. The summed E-state index contributed by atoms with van der Waals surface area (Å²) >= 11 is 6.18.